The van der Waals surface area contributed by atoms with Crippen molar-refractivity contribution in [1.29, 1.82) is 0 Å². The molecule has 0 radical (unpaired) electrons. The maximum Gasteiger partial charge on any atom is 0.0722 e. The van der Waals surface area contributed by atoms with Crippen molar-refractivity contribution in [2.24, 2.45) is 0 Å². The van der Waals surface area contributed by atoms with Gasteiger partial charge in [-0.15, -0.1) is 0 Å². The fourth-order valence-corrected chi connectivity index (χ4v) is 2.49. The molecule has 2 rings (SSSR count). The van der Waals surface area contributed by atoms with E-state index in [1.807, 2.05) is 48.5 Å². The van der Waals surface area contributed by atoms with Gasteiger partial charge in [-0.05, 0) is 29.3 Å². The minimum absolute atomic E-state index is 0.564. The van der Waals surface area contributed by atoms with Crippen LogP contribution in [-0.2, 0) is 18.0 Å². The Morgan fingerprint density at radius 3 is 2.35 bits per heavy atom. The Morgan fingerprint density at radius 2 is 1.65 bits per heavy atom. The van der Waals surface area contributed by atoms with Crippen molar-refractivity contribution in [1.82, 2.24) is 0 Å². The third kappa shape index (κ3) is 4.15. The highest BCUT2D eigenvalue weighted by molar-refractivity contribution is 9.10. The van der Waals surface area contributed by atoms with Gasteiger partial charge in [0.1, 0.15) is 0 Å². The van der Waals surface area contributed by atoms with Crippen LogP contribution in [0, 0.1) is 0 Å². The minimum Gasteiger partial charge on any atom is -0.372 e. The summed E-state index contributed by atoms with van der Waals surface area (Å²) in [5.74, 6) is 0. The third-order valence-electron chi connectivity index (χ3n) is 2.30. The van der Waals surface area contributed by atoms with E-state index in [-0.39, 0.29) is 0 Å². The lowest BCUT2D eigenvalue weighted by atomic mass is 10.2. The van der Waals surface area contributed by atoms with Crippen molar-refractivity contribution in [3.8, 4) is 0 Å². The summed E-state index contributed by atoms with van der Waals surface area (Å²) in [6.45, 7) is 1.18. The normalized spacial score (nSPS) is 10.5. The molecule has 0 heterocycles. The Hall–Kier alpha value is -0.830. The van der Waals surface area contributed by atoms with Crippen molar-refractivity contribution in [2.45, 2.75) is 13.2 Å². The van der Waals surface area contributed by atoms with Crippen LogP contribution < -0.4 is 0 Å². The molecule has 0 fully saturated rings. The molecular weight excluding hydrogens is 300 g/mol. The van der Waals surface area contributed by atoms with E-state index in [1.54, 1.807) is 0 Å². The van der Waals surface area contributed by atoms with Crippen molar-refractivity contribution in [2.75, 3.05) is 0 Å². The first-order valence-electron chi connectivity index (χ1n) is 5.31. The maximum atomic E-state index is 5.96. The number of hydrogen-bond acceptors (Lipinski definition) is 1. The smallest absolute Gasteiger partial charge is 0.0722 e. The van der Waals surface area contributed by atoms with Crippen molar-refractivity contribution in [3.63, 3.8) is 0 Å². The zero-order valence-electron chi connectivity index (χ0n) is 9.20. The molecule has 0 saturated heterocycles. The average Bonchev–Trinajstić information content (AvgIpc) is 2.29. The van der Waals surface area contributed by atoms with Gasteiger partial charge in [0.2, 0.25) is 0 Å². The van der Waals surface area contributed by atoms with Crippen molar-refractivity contribution in [3.05, 3.63) is 69.2 Å². The van der Waals surface area contributed by atoms with Crippen molar-refractivity contribution >= 4 is 27.5 Å². The molecule has 0 aromatic heterocycles. The highest BCUT2D eigenvalue weighted by Crippen LogP contribution is 2.20. The molecule has 3 heteroatoms. The number of hydrogen-bond donors (Lipinski definition) is 0. The van der Waals surface area contributed by atoms with Crippen LogP contribution in [0.5, 0.6) is 0 Å². The summed E-state index contributed by atoms with van der Waals surface area (Å²) in [6, 6.07) is 15.9. The molecule has 0 saturated carbocycles. The van der Waals surface area contributed by atoms with Crippen LogP contribution in [0.15, 0.2) is 53.0 Å². The zero-order chi connectivity index (χ0) is 12.1. The Bertz CT molecular complexity index is 465. The van der Waals surface area contributed by atoms with Gasteiger partial charge in [-0.3, -0.25) is 0 Å². The highest BCUT2D eigenvalue weighted by atomic mass is 79.9. The molecular formula is C14H12BrClO. The van der Waals surface area contributed by atoms with E-state index in [0.717, 1.165) is 15.1 Å². The first-order chi connectivity index (χ1) is 8.24. The van der Waals surface area contributed by atoms with E-state index in [1.165, 1.54) is 5.56 Å². The molecule has 0 N–H and O–H groups in total. The van der Waals surface area contributed by atoms with E-state index >= 15 is 0 Å². The molecule has 17 heavy (non-hydrogen) atoms. The standard InChI is InChI=1S/C14H12BrClO/c15-13-6-12(7-14(16)8-13)10-17-9-11-4-2-1-3-5-11/h1-8H,9-10H2. The molecule has 0 amide bonds. The SMILES string of the molecule is Clc1cc(Br)cc(COCc2ccccc2)c1. The molecule has 88 valence electrons. The Labute approximate surface area is 115 Å². The summed E-state index contributed by atoms with van der Waals surface area (Å²) in [5.41, 5.74) is 2.24. The van der Waals surface area contributed by atoms with E-state index in [9.17, 15) is 0 Å². The van der Waals surface area contributed by atoms with Gasteiger partial charge in [0.05, 0.1) is 13.2 Å². The van der Waals surface area contributed by atoms with Gasteiger partial charge in [-0.25, -0.2) is 0 Å². The lowest BCUT2D eigenvalue weighted by Gasteiger charge is -2.05. The van der Waals surface area contributed by atoms with Crippen LogP contribution in [0.1, 0.15) is 11.1 Å². The Kier molecular flexibility index (Phi) is 4.60. The van der Waals surface area contributed by atoms with E-state index in [2.05, 4.69) is 15.9 Å². The predicted octanol–water partition coefficient (Wildman–Crippen LogP) is 4.82. The Morgan fingerprint density at radius 1 is 0.941 bits per heavy atom. The van der Waals surface area contributed by atoms with Crippen molar-refractivity contribution < 1.29 is 4.74 Å². The average molecular weight is 312 g/mol. The maximum absolute atomic E-state index is 5.96. The fourth-order valence-electron chi connectivity index (χ4n) is 1.56. The minimum atomic E-state index is 0.564. The van der Waals surface area contributed by atoms with Crippen LogP contribution in [-0.4, -0.2) is 0 Å². The summed E-state index contributed by atoms with van der Waals surface area (Å²) >= 11 is 9.37. The fraction of sp³-hybridized carbons (Fsp3) is 0.143. The molecule has 0 aliphatic carbocycles. The topological polar surface area (TPSA) is 9.23 Å². The van der Waals surface area contributed by atoms with Crippen LogP contribution in [0.4, 0.5) is 0 Å². The molecule has 0 bridgehead atoms. The Balaban J connectivity index is 1.90. The molecule has 1 nitrogen and oxygen atoms in total. The molecule has 0 unspecified atom stereocenters. The lowest BCUT2D eigenvalue weighted by molar-refractivity contribution is 0.107. The second-order valence-electron chi connectivity index (χ2n) is 3.76. The van der Waals surface area contributed by atoms with Gasteiger partial charge in [0, 0.05) is 9.50 Å². The van der Waals surface area contributed by atoms with E-state index < -0.39 is 0 Å². The monoisotopic (exact) mass is 310 g/mol. The molecule has 2 aromatic carbocycles. The second-order valence-corrected chi connectivity index (χ2v) is 5.11. The third-order valence-corrected chi connectivity index (χ3v) is 2.98. The van der Waals surface area contributed by atoms with Gasteiger partial charge in [-0.1, -0.05) is 57.9 Å². The number of halogens is 2. The summed E-state index contributed by atoms with van der Waals surface area (Å²) in [5, 5.41) is 0.720. The first kappa shape index (κ1) is 12.6. The lowest BCUT2D eigenvalue weighted by Crippen LogP contribution is -1.94. The quantitative estimate of drug-likeness (QED) is 0.786. The predicted molar refractivity (Wildman–Crippen MR) is 74.1 cm³/mol. The largest absolute Gasteiger partial charge is 0.372 e. The van der Waals surface area contributed by atoms with Gasteiger partial charge in [0.15, 0.2) is 0 Å². The van der Waals surface area contributed by atoms with Gasteiger partial charge in [0.25, 0.3) is 0 Å². The van der Waals surface area contributed by atoms with E-state index in [4.69, 9.17) is 16.3 Å². The summed E-state index contributed by atoms with van der Waals surface area (Å²) in [6.07, 6.45) is 0. The molecule has 0 aliphatic heterocycles. The van der Waals surface area contributed by atoms with Crippen LogP contribution in [0.3, 0.4) is 0 Å². The molecule has 0 aliphatic rings. The van der Waals surface area contributed by atoms with E-state index in [0.29, 0.717) is 13.2 Å². The summed E-state index contributed by atoms with van der Waals surface area (Å²) in [7, 11) is 0. The second kappa shape index (κ2) is 6.20. The summed E-state index contributed by atoms with van der Waals surface area (Å²) in [4.78, 5) is 0. The number of ether oxygens (including phenoxy) is 1. The highest BCUT2D eigenvalue weighted by Gasteiger charge is 1.99. The van der Waals surface area contributed by atoms with Crippen LogP contribution in [0.25, 0.3) is 0 Å². The summed E-state index contributed by atoms with van der Waals surface area (Å²) < 4.78 is 6.61. The molecule has 0 atom stereocenters. The van der Waals surface area contributed by atoms with Gasteiger partial charge in [-0.2, -0.15) is 0 Å². The molecule has 2 aromatic rings. The van der Waals surface area contributed by atoms with Crippen LogP contribution >= 0.6 is 27.5 Å². The molecule has 0 spiro atoms. The number of benzene rings is 2. The van der Waals surface area contributed by atoms with Crippen LogP contribution in [0.2, 0.25) is 5.02 Å². The zero-order valence-corrected chi connectivity index (χ0v) is 11.5. The van der Waals surface area contributed by atoms with Gasteiger partial charge < -0.3 is 4.74 Å². The van der Waals surface area contributed by atoms with Gasteiger partial charge >= 0.3 is 0 Å². The number of rotatable bonds is 4. The first-order valence-corrected chi connectivity index (χ1v) is 6.48.